The van der Waals surface area contributed by atoms with Crippen molar-refractivity contribution in [2.75, 3.05) is 5.32 Å². The van der Waals surface area contributed by atoms with Crippen molar-refractivity contribution in [3.63, 3.8) is 0 Å². The van der Waals surface area contributed by atoms with Crippen LogP contribution in [0.25, 0.3) is 0 Å². The summed E-state index contributed by atoms with van der Waals surface area (Å²) in [6.45, 7) is 1.65. The third kappa shape index (κ3) is 4.70. The van der Waals surface area contributed by atoms with Gasteiger partial charge >= 0.3 is 0 Å². The number of amides is 1. The molecule has 4 nitrogen and oxygen atoms in total. The Morgan fingerprint density at radius 1 is 1.22 bits per heavy atom. The molecular weight excluding hydrogens is 333 g/mol. The smallest absolute Gasteiger partial charge is 0.244 e. The maximum atomic E-state index is 12.4. The number of anilines is 1. The molecule has 0 radical (unpaired) electrons. The second-order valence-corrected chi connectivity index (χ2v) is 6.39. The van der Waals surface area contributed by atoms with Gasteiger partial charge in [-0.2, -0.15) is 5.26 Å². The largest absolute Gasteiger partial charge is 0.324 e. The van der Waals surface area contributed by atoms with E-state index in [0.717, 1.165) is 5.56 Å². The van der Waals surface area contributed by atoms with Crippen molar-refractivity contribution in [3.05, 3.63) is 63.6 Å². The summed E-state index contributed by atoms with van der Waals surface area (Å²) in [5.41, 5.74) is 6.94. The molecular formula is C17H15Cl2N3O. The molecule has 0 aliphatic carbocycles. The number of hydrogen-bond donors (Lipinski definition) is 2. The molecule has 0 aliphatic rings. The Morgan fingerprint density at radius 2 is 1.78 bits per heavy atom. The number of hydrogen-bond acceptors (Lipinski definition) is 3. The molecule has 1 amide bonds. The van der Waals surface area contributed by atoms with Gasteiger partial charge in [-0.1, -0.05) is 35.3 Å². The summed E-state index contributed by atoms with van der Waals surface area (Å²) in [5, 5.41) is 12.4. The Balaban J connectivity index is 2.11. The van der Waals surface area contributed by atoms with Gasteiger partial charge in [0, 0.05) is 15.7 Å². The number of rotatable bonds is 4. The zero-order chi connectivity index (χ0) is 17.0. The van der Waals surface area contributed by atoms with Crippen molar-refractivity contribution in [1.29, 1.82) is 5.26 Å². The van der Waals surface area contributed by atoms with Crippen molar-refractivity contribution < 1.29 is 4.79 Å². The Labute approximate surface area is 144 Å². The van der Waals surface area contributed by atoms with Crippen LogP contribution in [-0.2, 0) is 11.2 Å². The zero-order valence-electron chi connectivity index (χ0n) is 12.4. The lowest BCUT2D eigenvalue weighted by atomic mass is 9.92. The minimum Gasteiger partial charge on any atom is -0.324 e. The van der Waals surface area contributed by atoms with E-state index in [4.69, 9.17) is 34.2 Å². The molecule has 2 aromatic rings. The lowest BCUT2D eigenvalue weighted by Crippen LogP contribution is -2.50. The molecule has 0 unspecified atom stereocenters. The Morgan fingerprint density at radius 3 is 2.30 bits per heavy atom. The number of nitriles is 1. The summed E-state index contributed by atoms with van der Waals surface area (Å²) in [7, 11) is 0. The summed E-state index contributed by atoms with van der Waals surface area (Å²) < 4.78 is 0. The van der Waals surface area contributed by atoms with Crippen molar-refractivity contribution in [2.24, 2.45) is 5.73 Å². The summed E-state index contributed by atoms with van der Waals surface area (Å²) in [5.74, 6) is -0.347. The lowest BCUT2D eigenvalue weighted by molar-refractivity contribution is -0.120. The fourth-order valence-electron chi connectivity index (χ4n) is 2.10. The summed E-state index contributed by atoms with van der Waals surface area (Å²) >= 11 is 11.8. The maximum Gasteiger partial charge on any atom is 0.244 e. The third-order valence-corrected chi connectivity index (χ3v) is 3.73. The van der Waals surface area contributed by atoms with Gasteiger partial charge in [0.1, 0.15) is 0 Å². The molecule has 0 saturated carbocycles. The van der Waals surface area contributed by atoms with E-state index in [9.17, 15) is 4.79 Å². The van der Waals surface area contributed by atoms with Crippen LogP contribution in [0.3, 0.4) is 0 Å². The molecule has 0 aliphatic heterocycles. The topological polar surface area (TPSA) is 78.9 Å². The molecule has 2 rings (SSSR count). The fourth-order valence-corrected chi connectivity index (χ4v) is 2.63. The average molecular weight is 348 g/mol. The van der Waals surface area contributed by atoms with Gasteiger partial charge in [-0.05, 0) is 49.2 Å². The molecule has 0 saturated heterocycles. The van der Waals surface area contributed by atoms with E-state index >= 15 is 0 Å². The molecule has 3 N–H and O–H groups in total. The van der Waals surface area contributed by atoms with Crippen molar-refractivity contribution in [2.45, 2.75) is 18.9 Å². The van der Waals surface area contributed by atoms with Gasteiger partial charge in [0.05, 0.1) is 17.2 Å². The van der Waals surface area contributed by atoms with Crippen LogP contribution in [0.15, 0.2) is 42.5 Å². The van der Waals surface area contributed by atoms with Gasteiger partial charge in [0.2, 0.25) is 5.91 Å². The second kappa shape index (κ2) is 7.01. The van der Waals surface area contributed by atoms with Crippen molar-refractivity contribution in [1.82, 2.24) is 0 Å². The van der Waals surface area contributed by atoms with E-state index in [0.29, 0.717) is 27.7 Å². The highest BCUT2D eigenvalue weighted by molar-refractivity contribution is 6.35. The van der Waals surface area contributed by atoms with Gasteiger partial charge in [-0.15, -0.1) is 0 Å². The van der Waals surface area contributed by atoms with Gasteiger partial charge in [-0.25, -0.2) is 0 Å². The van der Waals surface area contributed by atoms with E-state index < -0.39 is 5.54 Å². The minimum atomic E-state index is -1.12. The van der Waals surface area contributed by atoms with E-state index in [2.05, 4.69) is 5.32 Å². The monoisotopic (exact) mass is 347 g/mol. The molecule has 6 heteroatoms. The van der Waals surface area contributed by atoms with E-state index in [-0.39, 0.29) is 5.91 Å². The first kappa shape index (κ1) is 17.3. The van der Waals surface area contributed by atoms with Crippen molar-refractivity contribution in [3.8, 4) is 6.07 Å². The number of carbonyl (C=O) groups is 1. The summed E-state index contributed by atoms with van der Waals surface area (Å²) in [4.78, 5) is 12.4. The SMILES string of the molecule is C[C@@](N)(Cc1ccc(C#N)cc1)C(=O)Nc1cc(Cl)cc(Cl)c1. The molecule has 1 atom stereocenters. The zero-order valence-corrected chi connectivity index (χ0v) is 13.9. The van der Waals surface area contributed by atoms with E-state index in [1.165, 1.54) is 0 Å². The molecule has 0 spiro atoms. The van der Waals surface area contributed by atoms with Gasteiger partial charge in [-0.3, -0.25) is 4.79 Å². The first-order chi connectivity index (χ1) is 10.8. The molecule has 23 heavy (non-hydrogen) atoms. The standard InChI is InChI=1S/C17H15Cl2N3O/c1-17(21,9-11-2-4-12(10-20)5-3-11)16(23)22-15-7-13(18)6-14(19)8-15/h2-8H,9,21H2,1H3,(H,22,23)/t17-/m1/s1. The number of nitrogens with one attached hydrogen (secondary N) is 1. The Bertz CT molecular complexity index is 744. The van der Waals surface area contributed by atoms with Crippen LogP contribution >= 0.6 is 23.2 Å². The molecule has 0 fully saturated rings. The van der Waals surface area contributed by atoms with Crippen LogP contribution in [0.2, 0.25) is 10.0 Å². The maximum absolute atomic E-state index is 12.4. The van der Waals surface area contributed by atoms with E-state index in [1.54, 1.807) is 49.4 Å². The predicted molar refractivity (Wildman–Crippen MR) is 92.5 cm³/mol. The van der Waals surface area contributed by atoms with Gasteiger partial charge in [0.25, 0.3) is 0 Å². The minimum absolute atomic E-state index is 0.332. The normalized spacial score (nSPS) is 13.0. The van der Waals surface area contributed by atoms with Crippen LogP contribution in [-0.4, -0.2) is 11.4 Å². The lowest BCUT2D eigenvalue weighted by Gasteiger charge is -2.24. The quantitative estimate of drug-likeness (QED) is 0.883. The van der Waals surface area contributed by atoms with Gasteiger partial charge < -0.3 is 11.1 Å². The van der Waals surface area contributed by atoms with Crippen LogP contribution < -0.4 is 11.1 Å². The second-order valence-electron chi connectivity index (χ2n) is 5.52. The highest BCUT2D eigenvalue weighted by atomic mass is 35.5. The molecule has 118 valence electrons. The van der Waals surface area contributed by atoms with Crippen molar-refractivity contribution >= 4 is 34.8 Å². The van der Waals surface area contributed by atoms with E-state index in [1.807, 2.05) is 6.07 Å². The molecule has 2 aromatic carbocycles. The van der Waals surface area contributed by atoms with Crippen LogP contribution in [0.1, 0.15) is 18.1 Å². The summed E-state index contributed by atoms with van der Waals surface area (Å²) in [6, 6.07) is 13.8. The number of carbonyl (C=O) groups excluding carboxylic acids is 1. The number of benzene rings is 2. The predicted octanol–water partition coefficient (Wildman–Crippen LogP) is 3.76. The Kier molecular flexibility index (Phi) is 5.27. The molecule has 0 bridgehead atoms. The first-order valence-corrected chi connectivity index (χ1v) is 7.61. The summed E-state index contributed by atoms with van der Waals surface area (Å²) in [6.07, 6.45) is 0.332. The number of nitrogens with two attached hydrogens (primary N) is 1. The van der Waals surface area contributed by atoms with Gasteiger partial charge in [0.15, 0.2) is 0 Å². The van der Waals surface area contributed by atoms with Crippen LogP contribution in [0.4, 0.5) is 5.69 Å². The molecule has 0 heterocycles. The molecule has 0 aromatic heterocycles. The third-order valence-electron chi connectivity index (χ3n) is 3.29. The fraction of sp³-hybridized carbons (Fsp3) is 0.176. The highest BCUT2D eigenvalue weighted by Gasteiger charge is 2.28. The Hall–Kier alpha value is -2.06. The van der Waals surface area contributed by atoms with Crippen LogP contribution in [0.5, 0.6) is 0 Å². The number of nitrogens with zero attached hydrogens (tertiary/aromatic N) is 1. The van der Waals surface area contributed by atoms with Crippen LogP contribution in [0, 0.1) is 11.3 Å². The first-order valence-electron chi connectivity index (χ1n) is 6.85. The highest BCUT2D eigenvalue weighted by Crippen LogP contribution is 2.23. The number of halogens is 2. The average Bonchev–Trinajstić information content (AvgIpc) is 2.46.